The van der Waals surface area contributed by atoms with Crippen LogP contribution >= 0.6 is 0 Å². The summed E-state index contributed by atoms with van der Waals surface area (Å²) in [5.41, 5.74) is 4.25. The molecular formula is C18H19F3N4O3. The minimum Gasteiger partial charge on any atom is -0.376 e. The quantitative estimate of drug-likeness (QED) is 0.672. The number of nitrogens with one attached hydrogen (secondary N) is 3. The molecule has 0 unspecified atom stereocenters. The molecule has 0 atom stereocenters. The van der Waals surface area contributed by atoms with Gasteiger partial charge in [-0.25, -0.2) is 0 Å². The molecule has 0 saturated heterocycles. The van der Waals surface area contributed by atoms with Crippen molar-refractivity contribution in [2.75, 3.05) is 11.9 Å². The third kappa shape index (κ3) is 5.60. The van der Waals surface area contributed by atoms with E-state index in [1.54, 1.807) is 0 Å². The third-order valence-electron chi connectivity index (χ3n) is 3.80. The topological polar surface area (TPSA) is 92.2 Å². The Morgan fingerprint density at radius 3 is 2.39 bits per heavy atom. The summed E-state index contributed by atoms with van der Waals surface area (Å²) < 4.78 is 38.8. The van der Waals surface area contributed by atoms with Gasteiger partial charge >= 0.3 is 6.18 Å². The zero-order valence-corrected chi connectivity index (χ0v) is 15.2. The lowest BCUT2D eigenvalue weighted by Crippen LogP contribution is -2.46. The zero-order chi connectivity index (χ0) is 20.9. The first kappa shape index (κ1) is 21.0. The Balaban J connectivity index is 1.87. The molecular weight excluding hydrogens is 377 g/mol. The van der Waals surface area contributed by atoms with Gasteiger partial charge in [-0.1, -0.05) is 17.7 Å². The lowest BCUT2D eigenvalue weighted by Gasteiger charge is -2.12. The van der Waals surface area contributed by atoms with Gasteiger partial charge in [0, 0.05) is 11.9 Å². The average molecular weight is 396 g/mol. The number of nitrogens with zero attached hydrogens (tertiary/aromatic N) is 1. The molecule has 2 aromatic rings. The second-order valence-electron chi connectivity index (χ2n) is 6.12. The minimum absolute atomic E-state index is 0.131. The summed E-state index contributed by atoms with van der Waals surface area (Å²) in [6.45, 7) is 3.01. The summed E-state index contributed by atoms with van der Waals surface area (Å²) in [6.07, 6.45) is -3.76. The molecule has 0 bridgehead atoms. The second kappa shape index (κ2) is 8.59. The summed E-state index contributed by atoms with van der Waals surface area (Å²) in [5, 5.41) is 2.90. The molecule has 1 aromatic carbocycles. The maximum Gasteiger partial charge on any atom is 0.421 e. The van der Waals surface area contributed by atoms with Crippen LogP contribution < -0.4 is 21.7 Å². The van der Waals surface area contributed by atoms with E-state index in [4.69, 9.17) is 0 Å². The van der Waals surface area contributed by atoms with E-state index in [-0.39, 0.29) is 6.54 Å². The largest absolute Gasteiger partial charge is 0.421 e. The van der Waals surface area contributed by atoms with Crippen LogP contribution in [0.15, 0.2) is 41.3 Å². The predicted octanol–water partition coefficient (Wildman–Crippen LogP) is 1.74. The van der Waals surface area contributed by atoms with Gasteiger partial charge in [0.25, 0.3) is 17.4 Å². The standard InChI is InChI=1S/C18H19F3N4O3/c1-11-5-6-14(12(2)8-11)22-9-15(26)23-24-16(27)10-25-7-3-4-13(17(25)28)18(19,20)21/h3-8,22H,9-10H2,1-2H3,(H,23,26)(H,24,27). The van der Waals surface area contributed by atoms with Crippen LogP contribution in [0.5, 0.6) is 0 Å². The van der Waals surface area contributed by atoms with Gasteiger partial charge in [0.15, 0.2) is 0 Å². The molecule has 0 saturated carbocycles. The van der Waals surface area contributed by atoms with Gasteiger partial charge in [0.1, 0.15) is 12.1 Å². The van der Waals surface area contributed by atoms with Crippen LogP contribution in [0.25, 0.3) is 0 Å². The number of amides is 2. The highest BCUT2D eigenvalue weighted by atomic mass is 19.4. The van der Waals surface area contributed by atoms with Gasteiger partial charge in [0.2, 0.25) is 0 Å². The highest BCUT2D eigenvalue weighted by Crippen LogP contribution is 2.25. The van der Waals surface area contributed by atoms with E-state index in [9.17, 15) is 27.6 Å². The summed E-state index contributed by atoms with van der Waals surface area (Å²) in [5.74, 6) is -1.41. The van der Waals surface area contributed by atoms with Crippen LogP contribution in [-0.4, -0.2) is 22.9 Å². The maximum absolute atomic E-state index is 12.7. The lowest BCUT2D eigenvalue weighted by atomic mass is 10.1. The van der Waals surface area contributed by atoms with Crippen LogP contribution in [0.4, 0.5) is 18.9 Å². The van der Waals surface area contributed by atoms with Crippen molar-refractivity contribution >= 4 is 17.5 Å². The molecule has 2 rings (SSSR count). The van der Waals surface area contributed by atoms with Crippen molar-refractivity contribution in [1.29, 1.82) is 0 Å². The first-order valence-corrected chi connectivity index (χ1v) is 8.23. The Labute approximate surface area is 158 Å². The van der Waals surface area contributed by atoms with E-state index in [1.807, 2.05) is 32.0 Å². The summed E-state index contributed by atoms with van der Waals surface area (Å²) in [7, 11) is 0. The molecule has 1 aromatic heterocycles. The number of aromatic nitrogens is 1. The fourth-order valence-corrected chi connectivity index (χ4v) is 2.44. The molecule has 10 heteroatoms. The van der Waals surface area contributed by atoms with E-state index in [1.165, 1.54) is 0 Å². The molecule has 2 amide bonds. The van der Waals surface area contributed by atoms with Crippen LogP contribution in [-0.2, 0) is 22.3 Å². The van der Waals surface area contributed by atoms with Crippen molar-refractivity contribution in [3.63, 3.8) is 0 Å². The number of rotatable bonds is 5. The van der Waals surface area contributed by atoms with Crippen molar-refractivity contribution in [2.24, 2.45) is 0 Å². The summed E-state index contributed by atoms with van der Waals surface area (Å²) in [6, 6.07) is 7.29. The average Bonchev–Trinajstić information content (AvgIpc) is 2.60. The van der Waals surface area contributed by atoms with Crippen LogP contribution in [0.3, 0.4) is 0 Å². The molecule has 0 aliphatic rings. The number of hydrogen-bond donors (Lipinski definition) is 3. The highest BCUT2D eigenvalue weighted by Gasteiger charge is 2.34. The van der Waals surface area contributed by atoms with E-state index < -0.39 is 35.7 Å². The van der Waals surface area contributed by atoms with E-state index in [0.717, 1.165) is 29.1 Å². The Morgan fingerprint density at radius 1 is 1.07 bits per heavy atom. The van der Waals surface area contributed by atoms with Crippen LogP contribution in [0.1, 0.15) is 16.7 Å². The fourth-order valence-electron chi connectivity index (χ4n) is 2.44. The minimum atomic E-state index is -4.81. The molecule has 0 spiro atoms. The number of pyridine rings is 1. The smallest absolute Gasteiger partial charge is 0.376 e. The van der Waals surface area contributed by atoms with E-state index in [2.05, 4.69) is 16.2 Å². The number of aryl methyl sites for hydroxylation is 2. The summed E-state index contributed by atoms with van der Waals surface area (Å²) in [4.78, 5) is 35.4. The lowest BCUT2D eigenvalue weighted by molar-refractivity contribution is -0.139. The number of carbonyl (C=O) groups is 2. The van der Waals surface area contributed by atoms with Crippen molar-refractivity contribution in [1.82, 2.24) is 15.4 Å². The number of anilines is 1. The number of alkyl halides is 3. The third-order valence-corrected chi connectivity index (χ3v) is 3.80. The van der Waals surface area contributed by atoms with Gasteiger partial charge in [-0.3, -0.25) is 25.2 Å². The van der Waals surface area contributed by atoms with Gasteiger partial charge in [-0.15, -0.1) is 0 Å². The Hall–Kier alpha value is -3.30. The first-order chi connectivity index (χ1) is 13.1. The Bertz CT molecular complexity index is 938. The normalized spacial score (nSPS) is 11.0. The molecule has 0 aliphatic carbocycles. The number of carbonyl (C=O) groups excluding carboxylic acids is 2. The molecule has 0 fully saturated rings. The van der Waals surface area contributed by atoms with Crippen molar-refractivity contribution in [3.8, 4) is 0 Å². The highest BCUT2D eigenvalue weighted by molar-refractivity contribution is 5.84. The van der Waals surface area contributed by atoms with Crippen LogP contribution in [0.2, 0.25) is 0 Å². The van der Waals surface area contributed by atoms with Crippen molar-refractivity contribution in [3.05, 3.63) is 63.6 Å². The van der Waals surface area contributed by atoms with E-state index >= 15 is 0 Å². The predicted molar refractivity (Wildman–Crippen MR) is 96.4 cm³/mol. The Morgan fingerprint density at radius 2 is 1.75 bits per heavy atom. The summed E-state index contributed by atoms with van der Waals surface area (Å²) >= 11 is 0. The van der Waals surface area contributed by atoms with Crippen molar-refractivity contribution in [2.45, 2.75) is 26.6 Å². The number of benzene rings is 1. The van der Waals surface area contributed by atoms with Gasteiger partial charge in [-0.05, 0) is 37.6 Å². The molecule has 0 radical (unpaired) electrons. The number of hydrogen-bond acceptors (Lipinski definition) is 4. The monoisotopic (exact) mass is 396 g/mol. The molecule has 7 nitrogen and oxygen atoms in total. The van der Waals surface area contributed by atoms with Crippen molar-refractivity contribution < 1.29 is 22.8 Å². The first-order valence-electron chi connectivity index (χ1n) is 8.23. The molecule has 150 valence electrons. The van der Waals surface area contributed by atoms with Gasteiger partial charge < -0.3 is 9.88 Å². The van der Waals surface area contributed by atoms with Gasteiger partial charge in [0.05, 0.1) is 6.54 Å². The SMILES string of the molecule is Cc1ccc(NCC(=O)NNC(=O)Cn2cccc(C(F)(F)F)c2=O)c(C)c1. The van der Waals surface area contributed by atoms with E-state index in [0.29, 0.717) is 10.6 Å². The molecule has 3 N–H and O–H groups in total. The fraction of sp³-hybridized carbons (Fsp3) is 0.278. The molecule has 0 aliphatic heterocycles. The van der Waals surface area contributed by atoms with Crippen LogP contribution in [0, 0.1) is 13.8 Å². The van der Waals surface area contributed by atoms with Gasteiger partial charge in [-0.2, -0.15) is 13.2 Å². The zero-order valence-electron chi connectivity index (χ0n) is 15.2. The number of halogens is 3. The Kier molecular flexibility index (Phi) is 6.45. The maximum atomic E-state index is 12.7. The second-order valence-corrected chi connectivity index (χ2v) is 6.12. The molecule has 28 heavy (non-hydrogen) atoms. The molecule has 1 heterocycles. The number of hydrazine groups is 1.